The van der Waals surface area contributed by atoms with Gasteiger partial charge in [0.2, 0.25) is 5.91 Å². The van der Waals surface area contributed by atoms with Crippen molar-refractivity contribution in [2.75, 3.05) is 12.9 Å². The standard InChI is InChI=1S/C14H20N2O6S2/c1-4-5-8-23-10(2)14(17)15-24(20,21)13-7-6-11(22-3)9-12(13)16(18)19/h6-7,9-10H,4-5,8H2,1-3H3,(H,15,17). The van der Waals surface area contributed by atoms with Crippen LogP contribution in [0.15, 0.2) is 23.1 Å². The number of hydrogen-bond donors (Lipinski definition) is 1. The summed E-state index contributed by atoms with van der Waals surface area (Å²) in [5.74, 6) is 0.171. The molecule has 1 atom stereocenters. The molecule has 1 rings (SSSR count). The molecule has 0 saturated carbocycles. The van der Waals surface area contributed by atoms with Gasteiger partial charge in [-0.05, 0) is 31.2 Å². The molecule has 1 aromatic carbocycles. The van der Waals surface area contributed by atoms with Crippen molar-refractivity contribution in [3.8, 4) is 5.75 Å². The summed E-state index contributed by atoms with van der Waals surface area (Å²) in [6, 6.07) is 3.32. The summed E-state index contributed by atoms with van der Waals surface area (Å²) in [5.41, 5.74) is -0.652. The summed E-state index contributed by atoms with van der Waals surface area (Å²) >= 11 is 1.33. The molecule has 0 bridgehead atoms. The van der Waals surface area contributed by atoms with Crippen molar-refractivity contribution >= 4 is 33.4 Å². The Morgan fingerprint density at radius 1 is 1.46 bits per heavy atom. The van der Waals surface area contributed by atoms with E-state index in [1.54, 1.807) is 6.92 Å². The zero-order valence-corrected chi connectivity index (χ0v) is 15.3. The van der Waals surface area contributed by atoms with E-state index in [9.17, 15) is 23.3 Å². The van der Waals surface area contributed by atoms with E-state index in [4.69, 9.17) is 4.74 Å². The van der Waals surface area contributed by atoms with Gasteiger partial charge in [-0.25, -0.2) is 13.1 Å². The number of unbranched alkanes of at least 4 members (excludes halogenated alkanes) is 1. The van der Waals surface area contributed by atoms with Gasteiger partial charge in [0.25, 0.3) is 15.7 Å². The molecule has 1 N–H and O–H groups in total. The van der Waals surface area contributed by atoms with Crippen LogP contribution in [-0.4, -0.2) is 37.4 Å². The number of methoxy groups -OCH3 is 1. The second-order valence-corrected chi connectivity index (χ2v) is 8.03. The van der Waals surface area contributed by atoms with Gasteiger partial charge in [-0.15, -0.1) is 11.8 Å². The highest BCUT2D eigenvalue weighted by atomic mass is 32.2. The van der Waals surface area contributed by atoms with Gasteiger partial charge in [-0.1, -0.05) is 13.3 Å². The number of carbonyl (C=O) groups excluding carboxylic acids is 1. The summed E-state index contributed by atoms with van der Waals surface area (Å²) in [6.45, 7) is 3.60. The SMILES string of the molecule is CCCCSC(C)C(=O)NS(=O)(=O)c1ccc(OC)cc1[N+](=O)[O-]. The highest BCUT2D eigenvalue weighted by Crippen LogP contribution is 2.28. The van der Waals surface area contributed by atoms with Crippen molar-refractivity contribution in [3.63, 3.8) is 0 Å². The average Bonchev–Trinajstić information content (AvgIpc) is 2.53. The zero-order chi connectivity index (χ0) is 18.3. The number of thioether (sulfide) groups is 1. The molecule has 24 heavy (non-hydrogen) atoms. The van der Waals surface area contributed by atoms with Crippen molar-refractivity contribution < 1.29 is 22.9 Å². The van der Waals surface area contributed by atoms with Gasteiger partial charge in [0.15, 0.2) is 4.90 Å². The Morgan fingerprint density at radius 2 is 2.12 bits per heavy atom. The average molecular weight is 376 g/mol. The molecule has 0 aliphatic carbocycles. The minimum atomic E-state index is -4.35. The summed E-state index contributed by atoms with van der Waals surface area (Å²) in [6.07, 6.45) is 1.89. The number of rotatable bonds is 9. The maximum absolute atomic E-state index is 12.3. The van der Waals surface area contributed by atoms with Crippen LogP contribution in [0.3, 0.4) is 0 Å². The van der Waals surface area contributed by atoms with E-state index in [0.29, 0.717) is 0 Å². The highest BCUT2D eigenvalue weighted by molar-refractivity contribution is 8.00. The van der Waals surface area contributed by atoms with Crippen LogP contribution in [-0.2, 0) is 14.8 Å². The Hall–Kier alpha value is -1.81. The van der Waals surface area contributed by atoms with Gasteiger partial charge in [-0.2, -0.15) is 0 Å². The highest BCUT2D eigenvalue weighted by Gasteiger charge is 2.29. The van der Waals surface area contributed by atoms with Crippen LogP contribution in [0.2, 0.25) is 0 Å². The number of hydrogen-bond acceptors (Lipinski definition) is 7. The number of sulfonamides is 1. The fourth-order valence-electron chi connectivity index (χ4n) is 1.74. The third-order valence-electron chi connectivity index (χ3n) is 3.12. The van der Waals surface area contributed by atoms with Crippen molar-refractivity contribution in [3.05, 3.63) is 28.3 Å². The minimum absolute atomic E-state index is 0.149. The predicted octanol–water partition coefficient (Wildman–Crippen LogP) is 2.33. The fraction of sp³-hybridized carbons (Fsp3) is 0.500. The molecular formula is C14H20N2O6S2. The monoisotopic (exact) mass is 376 g/mol. The van der Waals surface area contributed by atoms with E-state index in [0.717, 1.165) is 30.7 Å². The first-order valence-corrected chi connectivity index (χ1v) is 9.76. The number of nitro groups is 1. The minimum Gasteiger partial charge on any atom is -0.497 e. The lowest BCUT2D eigenvalue weighted by molar-refractivity contribution is -0.387. The maximum Gasteiger partial charge on any atom is 0.293 e. The molecule has 0 heterocycles. The van der Waals surface area contributed by atoms with Crippen LogP contribution < -0.4 is 9.46 Å². The fourth-order valence-corrected chi connectivity index (χ4v) is 4.05. The Balaban J connectivity index is 3.00. The van der Waals surface area contributed by atoms with Crippen molar-refractivity contribution in [2.45, 2.75) is 36.8 Å². The number of ether oxygens (including phenoxy) is 1. The van der Waals surface area contributed by atoms with Crippen LogP contribution >= 0.6 is 11.8 Å². The number of nitro benzene ring substituents is 1. The maximum atomic E-state index is 12.3. The Kier molecular flexibility index (Phi) is 7.49. The van der Waals surface area contributed by atoms with Gasteiger partial charge in [0.1, 0.15) is 5.75 Å². The topological polar surface area (TPSA) is 116 Å². The molecule has 0 fully saturated rings. The van der Waals surface area contributed by atoms with Crippen LogP contribution in [0.1, 0.15) is 26.7 Å². The lowest BCUT2D eigenvalue weighted by Crippen LogP contribution is -2.36. The third-order valence-corrected chi connectivity index (χ3v) is 5.75. The molecule has 0 spiro atoms. The molecule has 0 radical (unpaired) electrons. The van der Waals surface area contributed by atoms with Gasteiger partial charge in [0, 0.05) is 0 Å². The second-order valence-electron chi connectivity index (χ2n) is 4.93. The molecule has 0 aliphatic heterocycles. The lowest BCUT2D eigenvalue weighted by atomic mass is 10.3. The van der Waals surface area contributed by atoms with E-state index < -0.39 is 36.7 Å². The lowest BCUT2D eigenvalue weighted by Gasteiger charge is -2.12. The van der Waals surface area contributed by atoms with Crippen LogP contribution in [0.4, 0.5) is 5.69 Å². The number of carbonyl (C=O) groups is 1. The molecule has 0 aromatic heterocycles. The van der Waals surface area contributed by atoms with Crippen molar-refractivity contribution in [2.24, 2.45) is 0 Å². The number of nitrogens with zero attached hydrogens (tertiary/aromatic N) is 1. The first-order chi connectivity index (χ1) is 11.2. The first-order valence-electron chi connectivity index (χ1n) is 7.23. The normalized spacial score (nSPS) is 12.5. The van der Waals surface area contributed by atoms with E-state index in [1.807, 2.05) is 11.6 Å². The third kappa shape index (κ3) is 5.38. The molecule has 0 saturated heterocycles. The molecule has 1 amide bonds. The quantitative estimate of drug-likeness (QED) is 0.399. The van der Waals surface area contributed by atoms with Crippen LogP contribution in [0, 0.1) is 10.1 Å². The van der Waals surface area contributed by atoms with E-state index >= 15 is 0 Å². The summed E-state index contributed by atoms with van der Waals surface area (Å²) < 4.78 is 31.4. The Morgan fingerprint density at radius 3 is 2.67 bits per heavy atom. The molecule has 8 nitrogen and oxygen atoms in total. The molecule has 134 valence electrons. The van der Waals surface area contributed by atoms with Crippen molar-refractivity contribution in [1.29, 1.82) is 0 Å². The number of nitrogens with one attached hydrogen (secondary N) is 1. The largest absolute Gasteiger partial charge is 0.497 e. The summed E-state index contributed by atoms with van der Waals surface area (Å²) in [4.78, 5) is 21.7. The molecule has 0 aliphatic rings. The molecule has 10 heteroatoms. The zero-order valence-electron chi connectivity index (χ0n) is 13.6. The smallest absolute Gasteiger partial charge is 0.293 e. The van der Waals surface area contributed by atoms with Gasteiger partial charge in [-0.3, -0.25) is 14.9 Å². The van der Waals surface area contributed by atoms with Crippen molar-refractivity contribution in [1.82, 2.24) is 4.72 Å². The van der Waals surface area contributed by atoms with E-state index in [-0.39, 0.29) is 5.75 Å². The second kappa shape index (κ2) is 8.88. The molecular weight excluding hydrogens is 356 g/mol. The van der Waals surface area contributed by atoms with E-state index in [2.05, 4.69) is 0 Å². The molecule has 1 unspecified atom stereocenters. The van der Waals surface area contributed by atoms with Crippen LogP contribution in [0.25, 0.3) is 0 Å². The molecule has 1 aromatic rings. The predicted molar refractivity (Wildman–Crippen MR) is 91.8 cm³/mol. The van der Waals surface area contributed by atoms with Crippen LogP contribution in [0.5, 0.6) is 5.75 Å². The Labute approximate surface area is 145 Å². The Bertz CT molecular complexity index is 705. The summed E-state index contributed by atoms with van der Waals surface area (Å²) in [7, 11) is -3.04. The van der Waals surface area contributed by atoms with E-state index in [1.165, 1.54) is 24.9 Å². The number of benzene rings is 1. The first kappa shape index (κ1) is 20.2. The van der Waals surface area contributed by atoms with Gasteiger partial charge >= 0.3 is 0 Å². The number of amides is 1. The summed E-state index contributed by atoms with van der Waals surface area (Å²) in [5, 5.41) is 10.5. The van der Waals surface area contributed by atoms with Gasteiger partial charge < -0.3 is 4.74 Å². The van der Waals surface area contributed by atoms with Gasteiger partial charge in [0.05, 0.1) is 23.3 Å².